The molecule has 1 aliphatic heterocycles. The van der Waals surface area contributed by atoms with Crippen molar-refractivity contribution in [1.82, 2.24) is 10.2 Å². The van der Waals surface area contributed by atoms with E-state index in [0.717, 1.165) is 12.1 Å². The van der Waals surface area contributed by atoms with Crippen molar-refractivity contribution in [3.63, 3.8) is 0 Å². The Balaban J connectivity index is 2.15. The second-order valence-corrected chi connectivity index (χ2v) is 6.15. The third-order valence-electron chi connectivity index (χ3n) is 4.14. The highest BCUT2D eigenvalue weighted by Crippen LogP contribution is 2.37. The minimum atomic E-state index is -4.38. The summed E-state index contributed by atoms with van der Waals surface area (Å²) in [5.41, 5.74) is -0.0471. The first-order valence-corrected chi connectivity index (χ1v) is 7.95. The minimum Gasteiger partial charge on any atom is -0.356 e. The van der Waals surface area contributed by atoms with Gasteiger partial charge in [0.05, 0.1) is 11.6 Å². The SMILES string of the molecule is CCNC(=O)CC(=O)N1CC(C)CC1c1ccc(C(F)(F)F)cc1. The van der Waals surface area contributed by atoms with Gasteiger partial charge in [0.15, 0.2) is 0 Å². The standard InChI is InChI=1S/C17H21F3N2O2/c1-3-21-15(23)9-16(24)22-10-11(2)8-14(22)12-4-6-13(7-5-12)17(18,19)20/h4-7,11,14H,3,8-10H2,1-2H3,(H,21,23). The van der Waals surface area contributed by atoms with E-state index in [1.807, 2.05) is 6.92 Å². The zero-order chi connectivity index (χ0) is 17.9. The topological polar surface area (TPSA) is 49.4 Å². The molecule has 7 heteroatoms. The van der Waals surface area contributed by atoms with E-state index in [0.29, 0.717) is 25.1 Å². The van der Waals surface area contributed by atoms with Gasteiger partial charge in [-0.25, -0.2) is 0 Å². The molecule has 2 amide bonds. The van der Waals surface area contributed by atoms with E-state index in [1.165, 1.54) is 12.1 Å². The molecule has 132 valence electrons. The molecule has 1 fully saturated rings. The van der Waals surface area contributed by atoms with Crippen molar-refractivity contribution >= 4 is 11.8 Å². The molecule has 1 heterocycles. The van der Waals surface area contributed by atoms with Crippen LogP contribution >= 0.6 is 0 Å². The van der Waals surface area contributed by atoms with Gasteiger partial charge in [0.1, 0.15) is 6.42 Å². The molecule has 0 aromatic heterocycles. The van der Waals surface area contributed by atoms with Crippen LogP contribution in [-0.4, -0.2) is 29.8 Å². The van der Waals surface area contributed by atoms with Gasteiger partial charge in [-0.15, -0.1) is 0 Å². The lowest BCUT2D eigenvalue weighted by Gasteiger charge is -2.25. The fraction of sp³-hybridized carbons (Fsp3) is 0.529. The lowest BCUT2D eigenvalue weighted by atomic mass is 9.99. The molecule has 0 spiro atoms. The summed E-state index contributed by atoms with van der Waals surface area (Å²) in [7, 11) is 0. The number of halogens is 3. The van der Waals surface area contributed by atoms with Crippen molar-refractivity contribution in [2.75, 3.05) is 13.1 Å². The van der Waals surface area contributed by atoms with Gasteiger partial charge < -0.3 is 10.2 Å². The number of nitrogens with zero attached hydrogens (tertiary/aromatic N) is 1. The van der Waals surface area contributed by atoms with Gasteiger partial charge in [-0.3, -0.25) is 9.59 Å². The Morgan fingerprint density at radius 3 is 2.42 bits per heavy atom. The molecular formula is C17H21F3N2O2. The van der Waals surface area contributed by atoms with Crippen molar-refractivity contribution in [3.8, 4) is 0 Å². The smallest absolute Gasteiger partial charge is 0.356 e. The summed E-state index contributed by atoms with van der Waals surface area (Å²) in [6.07, 6.45) is -3.94. The minimum absolute atomic E-state index is 0.232. The molecule has 4 nitrogen and oxygen atoms in total. The summed E-state index contributed by atoms with van der Waals surface area (Å²) in [5, 5.41) is 2.58. The molecule has 2 atom stereocenters. The number of carbonyl (C=O) groups excluding carboxylic acids is 2. The van der Waals surface area contributed by atoms with Crippen molar-refractivity contribution in [1.29, 1.82) is 0 Å². The highest BCUT2D eigenvalue weighted by molar-refractivity contribution is 5.97. The summed E-state index contributed by atoms with van der Waals surface area (Å²) >= 11 is 0. The van der Waals surface area contributed by atoms with Gasteiger partial charge in [0, 0.05) is 13.1 Å². The number of amides is 2. The van der Waals surface area contributed by atoms with Gasteiger partial charge in [0.2, 0.25) is 11.8 Å². The van der Waals surface area contributed by atoms with E-state index in [-0.39, 0.29) is 30.2 Å². The number of hydrogen-bond donors (Lipinski definition) is 1. The number of benzene rings is 1. The Bertz CT molecular complexity index is 599. The van der Waals surface area contributed by atoms with Crippen LogP contribution in [0.1, 0.15) is 43.9 Å². The molecule has 0 radical (unpaired) electrons. The van der Waals surface area contributed by atoms with Crippen LogP contribution in [0.4, 0.5) is 13.2 Å². The molecule has 1 aliphatic rings. The summed E-state index contributed by atoms with van der Waals surface area (Å²) in [5.74, 6) is -0.404. The monoisotopic (exact) mass is 342 g/mol. The molecule has 0 aliphatic carbocycles. The molecule has 0 saturated carbocycles. The molecular weight excluding hydrogens is 321 g/mol. The van der Waals surface area contributed by atoms with Crippen molar-refractivity contribution in [2.24, 2.45) is 5.92 Å². The Hall–Kier alpha value is -2.05. The normalized spacial score (nSPS) is 21.0. The van der Waals surface area contributed by atoms with Crippen LogP contribution in [0, 0.1) is 5.92 Å². The van der Waals surface area contributed by atoms with Crippen LogP contribution < -0.4 is 5.32 Å². The fourth-order valence-electron chi connectivity index (χ4n) is 3.03. The van der Waals surface area contributed by atoms with Crippen LogP contribution in [0.25, 0.3) is 0 Å². The predicted octanol–water partition coefficient (Wildman–Crippen LogP) is 3.14. The maximum Gasteiger partial charge on any atom is 0.416 e. The first-order chi connectivity index (χ1) is 11.2. The second kappa shape index (κ2) is 7.23. The molecule has 1 N–H and O–H groups in total. The number of carbonyl (C=O) groups is 2. The van der Waals surface area contributed by atoms with E-state index < -0.39 is 11.7 Å². The van der Waals surface area contributed by atoms with Crippen molar-refractivity contribution < 1.29 is 22.8 Å². The van der Waals surface area contributed by atoms with E-state index >= 15 is 0 Å². The van der Waals surface area contributed by atoms with Crippen LogP contribution in [-0.2, 0) is 15.8 Å². The molecule has 0 bridgehead atoms. The Labute approximate surface area is 139 Å². The predicted molar refractivity (Wildman–Crippen MR) is 83.0 cm³/mol. The van der Waals surface area contributed by atoms with E-state index in [1.54, 1.807) is 11.8 Å². The fourth-order valence-corrected chi connectivity index (χ4v) is 3.03. The summed E-state index contributed by atoms with van der Waals surface area (Å²) < 4.78 is 38.0. The first-order valence-electron chi connectivity index (χ1n) is 7.95. The van der Waals surface area contributed by atoms with Crippen molar-refractivity contribution in [2.45, 2.75) is 38.9 Å². The summed E-state index contributed by atoms with van der Waals surface area (Å²) in [6.45, 7) is 4.70. The number of alkyl halides is 3. The second-order valence-electron chi connectivity index (χ2n) is 6.15. The third-order valence-corrected chi connectivity index (χ3v) is 4.14. The number of nitrogens with one attached hydrogen (secondary N) is 1. The van der Waals surface area contributed by atoms with Crippen LogP contribution in [0.2, 0.25) is 0 Å². The highest BCUT2D eigenvalue weighted by Gasteiger charge is 2.35. The average molecular weight is 342 g/mol. The summed E-state index contributed by atoms with van der Waals surface area (Å²) in [4.78, 5) is 25.6. The zero-order valence-corrected chi connectivity index (χ0v) is 13.7. The Morgan fingerprint density at radius 1 is 1.25 bits per heavy atom. The maximum absolute atomic E-state index is 12.7. The third kappa shape index (κ3) is 4.27. The van der Waals surface area contributed by atoms with Gasteiger partial charge in [-0.2, -0.15) is 13.2 Å². The Morgan fingerprint density at radius 2 is 1.88 bits per heavy atom. The quantitative estimate of drug-likeness (QED) is 0.855. The lowest BCUT2D eigenvalue weighted by molar-refractivity contribution is -0.138. The Kier molecular flexibility index (Phi) is 5.51. The first kappa shape index (κ1) is 18.3. The lowest BCUT2D eigenvalue weighted by Crippen LogP contribution is -2.35. The molecule has 24 heavy (non-hydrogen) atoms. The number of hydrogen-bond acceptors (Lipinski definition) is 2. The average Bonchev–Trinajstić information content (AvgIpc) is 2.89. The number of rotatable bonds is 4. The highest BCUT2D eigenvalue weighted by atomic mass is 19.4. The van der Waals surface area contributed by atoms with Crippen molar-refractivity contribution in [3.05, 3.63) is 35.4 Å². The number of likely N-dealkylation sites (tertiary alicyclic amines) is 1. The van der Waals surface area contributed by atoms with Crippen LogP contribution in [0.3, 0.4) is 0 Å². The van der Waals surface area contributed by atoms with E-state index in [4.69, 9.17) is 0 Å². The maximum atomic E-state index is 12.7. The van der Waals surface area contributed by atoms with Gasteiger partial charge >= 0.3 is 6.18 Å². The molecule has 2 unspecified atom stereocenters. The molecule has 1 aromatic carbocycles. The molecule has 2 rings (SSSR count). The van der Waals surface area contributed by atoms with Gasteiger partial charge in [0.25, 0.3) is 0 Å². The zero-order valence-electron chi connectivity index (χ0n) is 13.7. The van der Waals surface area contributed by atoms with Gasteiger partial charge in [-0.1, -0.05) is 19.1 Å². The summed E-state index contributed by atoms with van der Waals surface area (Å²) in [6, 6.07) is 4.61. The van der Waals surface area contributed by atoms with Crippen LogP contribution in [0.5, 0.6) is 0 Å². The molecule has 1 aromatic rings. The van der Waals surface area contributed by atoms with Gasteiger partial charge in [-0.05, 0) is 37.0 Å². The molecule has 1 saturated heterocycles. The van der Waals surface area contributed by atoms with E-state index in [9.17, 15) is 22.8 Å². The largest absolute Gasteiger partial charge is 0.416 e. The van der Waals surface area contributed by atoms with Crippen LogP contribution in [0.15, 0.2) is 24.3 Å². The van der Waals surface area contributed by atoms with E-state index in [2.05, 4.69) is 5.32 Å².